The number of para-hydroxylation sites is 1. The Morgan fingerprint density at radius 2 is 1.78 bits per heavy atom. The first-order valence-corrected chi connectivity index (χ1v) is 10.1. The fraction of sp³-hybridized carbons (Fsp3) is 0.174. The van der Waals surface area contributed by atoms with Gasteiger partial charge < -0.3 is 20.1 Å². The van der Waals surface area contributed by atoms with E-state index in [1.807, 2.05) is 4.90 Å². The second kappa shape index (κ2) is 8.72. The number of amides is 1. The normalized spacial score (nSPS) is 15.7. The van der Waals surface area contributed by atoms with E-state index in [0.29, 0.717) is 16.5 Å². The van der Waals surface area contributed by atoms with Crippen LogP contribution in [0, 0.1) is 0 Å². The monoisotopic (exact) mass is 462 g/mol. The average Bonchev–Trinajstić information content (AvgIpc) is 2.78. The van der Waals surface area contributed by atoms with Crippen LogP contribution >= 0.6 is 11.6 Å². The molecule has 5 nitrogen and oxygen atoms in total. The predicted molar refractivity (Wildman–Crippen MR) is 116 cm³/mol. The zero-order valence-electron chi connectivity index (χ0n) is 16.6. The summed E-state index contributed by atoms with van der Waals surface area (Å²) in [5, 5.41) is 13.0. The molecular weight excluding hydrogens is 445 g/mol. The highest BCUT2D eigenvalue weighted by atomic mass is 35.5. The molecule has 3 aromatic rings. The smallest absolute Gasteiger partial charge is 0.416 e. The van der Waals surface area contributed by atoms with E-state index in [-0.39, 0.29) is 30.5 Å². The Bertz CT molecular complexity index is 1120. The molecular formula is C23H18ClF3N2O3. The molecule has 0 unspecified atom stereocenters. The van der Waals surface area contributed by atoms with Crippen molar-refractivity contribution in [3.05, 3.63) is 82.9 Å². The molecule has 2 N–H and O–H groups in total. The first-order valence-electron chi connectivity index (χ1n) is 9.68. The molecule has 4 rings (SSSR count). The summed E-state index contributed by atoms with van der Waals surface area (Å²) in [6, 6.07) is 15.9. The van der Waals surface area contributed by atoms with Gasteiger partial charge in [0.05, 0.1) is 29.5 Å². The van der Waals surface area contributed by atoms with Crippen molar-refractivity contribution >= 4 is 34.6 Å². The number of anilines is 3. The maximum Gasteiger partial charge on any atom is 0.416 e. The van der Waals surface area contributed by atoms with Gasteiger partial charge in [0, 0.05) is 16.4 Å². The first kappa shape index (κ1) is 22.0. The van der Waals surface area contributed by atoms with Crippen LogP contribution in [0.5, 0.6) is 5.75 Å². The Morgan fingerprint density at radius 3 is 2.41 bits per heavy atom. The number of aliphatic hydroxyl groups excluding tert-OH is 1. The highest BCUT2D eigenvalue weighted by Crippen LogP contribution is 2.41. The van der Waals surface area contributed by atoms with E-state index in [9.17, 15) is 23.1 Å². The summed E-state index contributed by atoms with van der Waals surface area (Å²) in [5.41, 5.74) is 0.984. The van der Waals surface area contributed by atoms with Crippen molar-refractivity contribution < 1.29 is 27.8 Å². The lowest BCUT2D eigenvalue weighted by atomic mass is 10.1. The molecule has 0 fully saturated rings. The standard InChI is InChI=1S/C23H18ClF3N2O3/c24-15-6-10-17(11-7-15)29-18(12-30)13-32-21-19(2-1-3-20(21)29)22(31)28-16-8-4-14(5-9-16)23(25,26)27/h1-11,18,30H,12-13H2,(H,28,31)/t18-/m0/s1. The quantitative estimate of drug-likeness (QED) is 0.537. The maximum absolute atomic E-state index is 12.9. The molecule has 1 aliphatic rings. The topological polar surface area (TPSA) is 61.8 Å². The first-order chi connectivity index (χ1) is 15.3. The van der Waals surface area contributed by atoms with Crippen LogP contribution in [0.4, 0.5) is 30.2 Å². The molecule has 0 aliphatic carbocycles. The lowest BCUT2D eigenvalue weighted by molar-refractivity contribution is -0.137. The van der Waals surface area contributed by atoms with E-state index in [2.05, 4.69) is 5.32 Å². The Hall–Kier alpha value is -3.23. The number of nitrogens with one attached hydrogen (secondary N) is 1. The van der Waals surface area contributed by atoms with E-state index in [1.54, 1.807) is 42.5 Å². The summed E-state index contributed by atoms with van der Waals surface area (Å²) in [6.45, 7) is -0.0409. The second-order valence-electron chi connectivity index (χ2n) is 7.18. The molecule has 1 amide bonds. The van der Waals surface area contributed by atoms with Crippen LogP contribution in [0.15, 0.2) is 66.7 Å². The van der Waals surface area contributed by atoms with Gasteiger partial charge in [0.25, 0.3) is 5.91 Å². The van der Waals surface area contributed by atoms with Crippen LogP contribution in [-0.4, -0.2) is 30.3 Å². The number of hydrogen-bond acceptors (Lipinski definition) is 4. The number of hydrogen-bond donors (Lipinski definition) is 2. The SMILES string of the molecule is O=C(Nc1ccc(C(F)(F)F)cc1)c1cccc2c1OC[C@H](CO)N2c1ccc(Cl)cc1. The summed E-state index contributed by atoms with van der Waals surface area (Å²) in [6.07, 6.45) is -4.46. The number of carbonyl (C=O) groups excluding carboxylic acids is 1. The Labute approximate surface area is 187 Å². The largest absolute Gasteiger partial charge is 0.488 e. The molecule has 0 spiro atoms. The molecule has 1 aliphatic heterocycles. The third-order valence-corrected chi connectivity index (χ3v) is 5.32. The minimum atomic E-state index is -4.46. The number of alkyl halides is 3. The minimum absolute atomic E-state index is 0.136. The number of ether oxygens (including phenoxy) is 1. The lowest BCUT2D eigenvalue weighted by Gasteiger charge is -2.38. The van der Waals surface area contributed by atoms with Crippen LogP contribution in [0.1, 0.15) is 15.9 Å². The summed E-state index contributed by atoms with van der Waals surface area (Å²) in [7, 11) is 0. The molecule has 0 aromatic heterocycles. The summed E-state index contributed by atoms with van der Waals surface area (Å²) in [5.74, 6) is -0.211. The zero-order valence-corrected chi connectivity index (χ0v) is 17.3. The molecule has 0 radical (unpaired) electrons. The van der Waals surface area contributed by atoms with Gasteiger partial charge >= 0.3 is 6.18 Å². The van der Waals surface area contributed by atoms with E-state index in [0.717, 1.165) is 17.8 Å². The number of rotatable bonds is 4. The van der Waals surface area contributed by atoms with Crippen LogP contribution in [0.2, 0.25) is 5.02 Å². The summed E-state index contributed by atoms with van der Waals surface area (Å²) < 4.78 is 44.1. The van der Waals surface area contributed by atoms with Gasteiger partial charge in [0.15, 0.2) is 5.75 Å². The molecule has 3 aromatic carbocycles. The van der Waals surface area contributed by atoms with Crippen molar-refractivity contribution in [2.75, 3.05) is 23.4 Å². The van der Waals surface area contributed by atoms with Crippen LogP contribution in [0.3, 0.4) is 0 Å². The minimum Gasteiger partial charge on any atom is -0.488 e. The highest BCUT2D eigenvalue weighted by Gasteiger charge is 2.32. The number of carbonyl (C=O) groups is 1. The number of aliphatic hydroxyl groups is 1. The van der Waals surface area contributed by atoms with Gasteiger partial charge in [0.2, 0.25) is 0 Å². The number of halogens is 4. The van der Waals surface area contributed by atoms with Crippen molar-refractivity contribution in [2.45, 2.75) is 12.2 Å². The van der Waals surface area contributed by atoms with E-state index < -0.39 is 17.6 Å². The fourth-order valence-corrected chi connectivity index (χ4v) is 3.65. The van der Waals surface area contributed by atoms with Gasteiger partial charge in [0.1, 0.15) is 6.61 Å². The van der Waals surface area contributed by atoms with Gasteiger partial charge in [-0.15, -0.1) is 0 Å². The number of nitrogens with zero attached hydrogens (tertiary/aromatic N) is 1. The van der Waals surface area contributed by atoms with Crippen molar-refractivity contribution in [3.63, 3.8) is 0 Å². The number of fused-ring (bicyclic) bond motifs is 1. The third-order valence-electron chi connectivity index (χ3n) is 5.07. The second-order valence-corrected chi connectivity index (χ2v) is 7.61. The van der Waals surface area contributed by atoms with Crippen molar-refractivity contribution in [3.8, 4) is 5.75 Å². The molecule has 1 heterocycles. The van der Waals surface area contributed by atoms with E-state index >= 15 is 0 Å². The highest BCUT2D eigenvalue weighted by molar-refractivity contribution is 6.30. The van der Waals surface area contributed by atoms with Gasteiger partial charge in [-0.2, -0.15) is 13.2 Å². The average molecular weight is 463 g/mol. The molecule has 9 heteroatoms. The molecule has 0 saturated heterocycles. The van der Waals surface area contributed by atoms with Gasteiger partial charge in [-0.25, -0.2) is 0 Å². The molecule has 0 saturated carbocycles. The molecule has 1 atom stereocenters. The molecule has 32 heavy (non-hydrogen) atoms. The Kier molecular flexibility index (Phi) is 5.99. The van der Waals surface area contributed by atoms with Crippen LogP contribution < -0.4 is 15.0 Å². The number of benzene rings is 3. The maximum atomic E-state index is 12.9. The molecule has 166 valence electrons. The van der Waals surface area contributed by atoms with Crippen LogP contribution in [-0.2, 0) is 6.18 Å². The molecule has 0 bridgehead atoms. The van der Waals surface area contributed by atoms with E-state index in [1.165, 1.54) is 12.1 Å². The lowest BCUT2D eigenvalue weighted by Crippen LogP contribution is -2.43. The van der Waals surface area contributed by atoms with Crippen molar-refractivity contribution in [1.29, 1.82) is 0 Å². The fourth-order valence-electron chi connectivity index (χ4n) is 3.52. The van der Waals surface area contributed by atoms with Crippen molar-refractivity contribution in [2.24, 2.45) is 0 Å². The summed E-state index contributed by atoms with van der Waals surface area (Å²) in [4.78, 5) is 14.8. The van der Waals surface area contributed by atoms with Crippen LogP contribution in [0.25, 0.3) is 0 Å². The van der Waals surface area contributed by atoms with Gasteiger partial charge in [-0.3, -0.25) is 4.79 Å². The van der Waals surface area contributed by atoms with Gasteiger partial charge in [-0.05, 0) is 60.7 Å². The summed E-state index contributed by atoms with van der Waals surface area (Å²) >= 11 is 5.99. The third kappa shape index (κ3) is 4.37. The Balaban J connectivity index is 1.65. The predicted octanol–water partition coefficient (Wildman–Crippen LogP) is 5.50. The van der Waals surface area contributed by atoms with Crippen molar-refractivity contribution in [1.82, 2.24) is 0 Å². The van der Waals surface area contributed by atoms with Gasteiger partial charge in [-0.1, -0.05) is 17.7 Å². The Morgan fingerprint density at radius 1 is 1.09 bits per heavy atom. The van der Waals surface area contributed by atoms with E-state index in [4.69, 9.17) is 16.3 Å². The zero-order chi connectivity index (χ0) is 22.9.